The highest BCUT2D eigenvalue weighted by atomic mass is 32.2. The number of amides is 1. The summed E-state index contributed by atoms with van der Waals surface area (Å²) in [7, 11) is -3.10. The van der Waals surface area contributed by atoms with Crippen molar-refractivity contribution in [2.24, 2.45) is 5.84 Å². The highest BCUT2D eigenvalue weighted by molar-refractivity contribution is 8.01. The average molecular weight is 337 g/mol. The first-order valence-electron chi connectivity index (χ1n) is 7.17. The summed E-state index contributed by atoms with van der Waals surface area (Å²) in [5.74, 6) is 6.48. The van der Waals surface area contributed by atoms with Crippen LogP contribution in [0.5, 0.6) is 0 Å². The molecule has 2 rings (SSSR count). The highest BCUT2D eigenvalue weighted by Gasteiger charge is 2.37. The maximum absolute atomic E-state index is 12.2. The Kier molecular flexibility index (Phi) is 5.89. The zero-order valence-electron chi connectivity index (χ0n) is 12.2. The van der Waals surface area contributed by atoms with Crippen LogP contribution in [-0.4, -0.2) is 67.2 Å². The molecule has 7 nitrogen and oxygen atoms in total. The van der Waals surface area contributed by atoms with Gasteiger partial charge in [-0.2, -0.15) is 11.8 Å². The molecule has 3 unspecified atom stereocenters. The van der Waals surface area contributed by atoms with Crippen LogP contribution < -0.4 is 11.3 Å². The Morgan fingerprint density at radius 2 is 2.24 bits per heavy atom. The Morgan fingerprint density at radius 1 is 1.48 bits per heavy atom. The lowest BCUT2D eigenvalue weighted by Crippen LogP contribution is -2.50. The first-order valence-corrected chi connectivity index (χ1v) is 10.0. The summed E-state index contributed by atoms with van der Waals surface area (Å²) in [5, 5.41) is -0.438. The van der Waals surface area contributed by atoms with Gasteiger partial charge in [0.1, 0.15) is 11.5 Å². The van der Waals surface area contributed by atoms with E-state index in [1.807, 2.05) is 4.90 Å². The van der Waals surface area contributed by atoms with Gasteiger partial charge in [0.15, 0.2) is 9.84 Å². The van der Waals surface area contributed by atoms with Crippen molar-refractivity contribution < 1.29 is 17.9 Å². The maximum atomic E-state index is 12.2. The average Bonchev–Trinajstić information content (AvgIpc) is 2.95. The van der Waals surface area contributed by atoms with Gasteiger partial charge in [0.25, 0.3) is 5.91 Å². The Balaban J connectivity index is 1.96. The van der Waals surface area contributed by atoms with Crippen molar-refractivity contribution in [2.75, 3.05) is 30.3 Å². The summed E-state index contributed by atoms with van der Waals surface area (Å²) in [4.78, 5) is 13.4. The van der Waals surface area contributed by atoms with Crippen molar-refractivity contribution in [3.63, 3.8) is 0 Å². The second kappa shape index (κ2) is 7.28. The van der Waals surface area contributed by atoms with Gasteiger partial charge in [-0.05, 0) is 12.8 Å². The molecule has 21 heavy (non-hydrogen) atoms. The minimum atomic E-state index is -3.10. The Bertz CT molecular complexity index is 471. The molecule has 0 radical (unpaired) electrons. The lowest BCUT2D eigenvalue weighted by Gasteiger charge is -2.36. The molecule has 0 aliphatic carbocycles. The molecule has 9 heteroatoms. The predicted octanol–water partition coefficient (Wildman–Crippen LogP) is -0.666. The molecule has 2 fully saturated rings. The SMILES string of the molecule is CCS(=O)(=O)C1CSCCN1CC1CCC(C(=O)NN)O1. The molecule has 2 heterocycles. The first kappa shape index (κ1) is 17.0. The van der Waals surface area contributed by atoms with Crippen LogP contribution in [0, 0.1) is 0 Å². The molecule has 0 aromatic rings. The second-order valence-corrected chi connectivity index (χ2v) is 8.91. The number of carbonyl (C=O) groups is 1. The molecule has 2 saturated heterocycles. The number of nitrogens with one attached hydrogen (secondary N) is 1. The van der Waals surface area contributed by atoms with E-state index < -0.39 is 21.3 Å². The van der Waals surface area contributed by atoms with Gasteiger partial charge < -0.3 is 4.74 Å². The summed E-state index contributed by atoms with van der Waals surface area (Å²) in [6.07, 6.45) is 0.757. The Hall–Kier alpha value is -0.350. The van der Waals surface area contributed by atoms with E-state index >= 15 is 0 Å². The Morgan fingerprint density at radius 3 is 2.90 bits per heavy atom. The van der Waals surface area contributed by atoms with Crippen LogP contribution in [0.15, 0.2) is 0 Å². The standard InChI is InChI=1S/C12H23N3O4S2/c1-2-21(17,18)11-8-20-6-5-15(11)7-9-3-4-10(19-9)12(16)14-13/h9-11H,2-8,13H2,1H3,(H,14,16). The first-order chi connectivity index (χ1) is 9.97. The highest BCUT2D eigenvalue weighted by Crippen LogP contribution is 2.26. The van der Waals surface area contributed by atoms with Gasteiger partial charge in [-0.15, -0.1) is 0 Å². The molecular weight excluding hydrogens is 314 g/mol. The number of hydrogen-bond donors (Lipinski definition) is 2. The zero-order chi connectivity index (χ0) is 15.5. The fourth-order valence-corrected chi connectivity index (χ4v) is 5.83. The van der Waals surface area contributed by atoms with E-state index in [1.165, 1.54) is 0 Å². The maximum Gasteiger partial charge on any atom is 0.263 e. The minimum absolute atomic E-state index is 0.107. The van der Waals surface area contributed by atoms with Crippen LogP contribution in [0.1, 0.15) is 19.8 Å². The number of sulfone groups is 1. The van der Waals surface area contributed by atoms with Gasteiger partial charge in [0, 0.05) is 30.3 Å². The molecule has 0 spiro atoms. The minimum Gasteiger partial charge on any atom is -0.364 e. The third-order valence-corrected chi connectivity index (χ3v) is 7.32. The van der Waals surface area contributed by atoms with E-state index in [0.29, 0.717) is 18.7 Å². The van der Waals surface area contributed by atoms with Crippen LogP contribution in [0.25, 0.3) is 0 Å². The van der Waals surface area contributed by atoms with E-state index in [-0.39, 0.29) is 17.8 Å². The topological polar surface area (TPSA) is 102 Å². The number of ether oxygens (including phenoxy) is 1. The quantitative estimate of drug-likeness (QED) is 0.390. The molecular formula is C12H23N3O4S2. The van der Waals surface area contributed by atoms with Crippen LogP contribution >= 0.6 is 11.8 Å². The van der Waals surface area contributed by atoms with Gasteiger partial charge in [-0.3, -0.25) is 15.1 Å². The molecule has 1 amide bonds. The number of hydrogen-bond acceptors (Lipinski definition) is 7. The van der Waals surface area contributed by atoms with E-state index in [4.69, 9.17) is 10.6 Å². The van der Waals surface area contributed by atoms with Crippen molar-refractivity contribution in [1.82, 2.24) is 10.3 Å². The van der Waals surface area contributed by atoms with Crippen LogP contribution in [0.4, 0.5) is 0 Å². The van der Waals surface area contributed by atoms with Gasteiger partial charge in [-0.1, -0.05) is 6.92 Å². The Labute approximate surface area is 129 Å². The predicted molar refractivity (Wildman–Crippen MR) is 82.4 cm³/mol. The van der Waals surface area contributed by atoms with E-state index in [2.05, 4.69) is 5.43 Å². The summed E-state index contributed by atoms with van der Waals surface area (Å²) < 4.78 is 30.0. The van der Waals surface area contributed by atoms with Crippen molar-refractivity contribution in [3.8, 4) is 0 Å². The monoisotopic (exact) mass is 337 g/mol. The fourth-order valence-electron chi connectivity index (χ4n) is 2.73. The van der Waals surface area contributed by atoms with E-state index in [9.17, 15) is 13.2 Å². The smallest absolute Gasteiger partial charge is 0.263 e. The normalized spacial score (nSPS) is 31.2. The second-order valence-electron chi connectivity index (χ2n) is 5.31. The number of thioether (sulfide) groups is 1. The van der Waals surface area contributed by atoms with Crippen LogP contribution in [0.3, 0.4) is 0 Å². The number of rotatable bonds is 5. The van der Waals surface area contributed by atoms with Gasteiger partial charge in [0.2, 0.25) is 0 Å². The number of hydrazine groups is 1. The number of nitrogens with zero attached hydrogens (tertiary/aromatic N) is 1. The molecule has 0 saturated carbocycles. The number of nitrogens with two attached hydrogens (primary N) is 1. The third kappa shape index (κ3) is 4.10. The molecule has 0 aromatic heterocycles. The van der Waals surface area contributed by atoms with Gasteiger partial charge in [0.05, 0.1) is 6.10 Å². The number of carbonyl (C=O) groups excluding carboxylic acids is 1. The summed E-state index contributed by atoms with van der Waals surface area (Å²) in [6, 6.07) is 0. The summed E-state index contributed by atoms with van der Waals surface area (Å²) in [6.45, 7) is 2.97. The van der Waals surface area contributed by atoms with Crippen molar-refractivity contribution >= 4 is 27.5 Å². The molecule has 122 valence electrons. The third-order valence-electron chi connectivity index (χ3n) is 3.99. The lowest BCUT2D eigenvalue weighted by atomic mass is 10.2. The van der Waals surface area contributed by atoms with Crippen LogP contribution in [0.2, 0.25) is 0 Å². The molecule has 3 atom stereocenters. The van der Waals surface area contributed by atoms with Crippen LogP contribution in [-0.2, 0) is 19.4 Å². The zero-order valence-corrected chi connectivity index (χ0v) is 13.8. The molecule has 0 bridgehead atoms. The van der Waals surface area contributed by atoms with Crippen molar-refractivity contribution in [1.29, 1.82) is 0 Å². The summed E-state index contributed by atoms with van der Waals surface area (Å²) >= 11 is 1.67. The molecule has 3 N–H and O–H groups in total. The van der Waals surface area contributed by atoms with E-state index in [0.717, 1.165) is 18.7 Å². The summed E-state index contributed by atoms with van der Waals surface area (Å²) in [5.41, 5.74) is 2.10. The van der Waals surface area contributed by atoms with Crippen molar-refractivity contribution in [3.05, 3.63) is 0 Å². The molecule has 2 aliphatic heterocycles. The fraction of sp³-hybridized carbons (Fsp3) is 0.917. The molecule has 2 aliphatic rings. The van der Waals surface area contributed by atoms with Gasteiger partial charge >= 0.3 is 0 Å². The molecule has 0 aromatic carbocycles. The van der Waals surface area contributed by atoms with Crippen molar-refractivity contribution in [2.45, 2.75) is 37.3 Å². The van der Waals surface area contributed by atoms with Gasteiger partial charge in [-0.25, -0.2) is 14.3 Å². The largest absolute Gasteiger partial charge is 0.364 e. The van der Waals surface area contributed by atoms with E-state index in [1.54, 1.807) is 18.7 Å². The lowest BCUT2D eigenvalue weighted by molar-refractivity contribution is -0.132.